The van der Waals surface area contributed by atoms with E-state index in [1.807, 2.05) is 40.8 Å². The van der Waals surface area contributed by atoms with Gasteiger partial charge >= 0.3 is 0 Å². The predicted octanol–water partition coefficient (Wildman–Crippen LogP) is 12.1. The third-order valence-electron chi connectivity index (χ3n) is 17.6. The Hall–Kier alpha value is -9.83. The van der Waals surface area contributed by atoms with E-state index in [0.29, 0.717) is 111 Å². The molecule has 103 heavy (non-hydrogen) atoms. The molecule has 3 amide bonds. The zero-order chi connectivity index (χ0) is 72.7. The van der Waals surface area contributed by atoms with Crippen molar-refractivity contribution in [2.75, 3.05) is 107 Å². The molecule has 14 rings (SSSR count). The van der Waals surface area contributed by atoms with Gasteiger partial charge in [0.2, 0.25) is 16.9 Å². The molecule has 3 aliphatic rings. The Labute approximate surface area is 617 Å². The van der Waals surface area contributed by atoms with Crippen molar-refractivity contribution in [3.05, 3.63) is 215 Å². The second-order valence-corrected chi connectivity index (χ2v) is 31.6. The van der Waals surface area contributed by atoms with Crippen molar-refractivity contribution < 1.29 is 54.1 Å². The number of rotatable bonds is 17. The molecule has 0 radical (unpaired) electrons. The van der Waals surface area contributed by atoms with Gasteiger partial charge in [0.25, 0.3) is 36.0 Å². The van der Waals surface area contributed by atoms with Gasteiger partial charge in [-0.3, -0.25) is 28.5 Å². The van der Waals surface area contributed by atoms with E-state index < -0.39 is 42.2 Å². The first-order chi connectivity index (χ1) is 49.4. The summed E-state index contributed by atoms with van der Waals surface area (Å²) in [6.45, 7) is 12.3. The zero-order valence-electron chi connectivity index (χ0n) is 55.5. The monoisotopic (exact) mass is 1540 g/mol. The first kappa shape index (κ1) is 72.9. The van der Waals surface area contributed by atoms with Gasteiger partial charge in [0, 0.05) is 165 Å². The van der Waals surface area contributed by atoms with Crippen molar-refractivity contribution >= 4 is 149 Å². The van der Waals surface area contributed by atoms with Crippen LogP contribution >= 0.6 is 46.1 Å². The van der Waals surface area contributed by atoms with Crippen LogP contribution in [0.4, 0.5) is 41.9 Å². The number of fused-ring (bicyclic) bond motifs is 2. The van der Waals surface area contributed by atoms with Gasteiger partial charge in [-0.2, -0.15) is 4.37 Å². The highest BCUT2D eigenvalue weighted by atomic mass is 35.5. The molecule has 0 aliphatic carbocycles. The number of hydrogen-bond donors (Lipinski definition) is 3. The lowest BCUT2D eigenvalue weighted by atomic mass is 10.1. The van der Waals surface area contributed by atoms with Crippen LogP contribution in [0.15, 0.2) is 197 Å². The number of nitrogens with one attached hydrogen (secondary N) is 3. The number of piperazine rings is 3. The summed E-state index contributed by atoms with van der Waals surface area (Å²) in [6, 6.07) is 38.4. The average Bonchev–Trinajstić information content (AvgIpc) is 1.70. The van der Waals surface area contributed by atoms with E-state index in [4.69, 9.17) is 23.2 Å². The molecule has 34 heteroatoms. The van der Waals surface area contributed by atoms with Crippen LogP contribution in [0.3, 0.4) is 0 Å². The second-order valence-electron chi connectivity index (χ2n) is 24.1. The summed E-state index contributed by atoms with van der Waals surface area (Å²) in [5, 5.41) is 4.54. The Morgan fingerprint density at radius 2 is 1.05 bits per heavy atom. The number of hydrogen-bond acceptors (Lipinski definition) is 19. The number of aryl methyl sites for hydroxylation is 1. The number of aromatic nitrogens is 7. The van der Waals surface area contributed by atoms with Crippen LogP contribution in [-0.4, -0.2) is 170 Å². The molecule has 8 heterocycles. The number of sulfonamides is 3. The van der Waals surface area contributed by atoms with Gasteiger partial charge in [-0.05, 0) is 154 Å². The summed E-state index contributed by atoms with van der Waals surface area (Å²) >= 11 is 14.2. The third kappa shape index (κ3) is 17.1. The summed E-state index contributed by atoms with van der Waals surface area (Å²) in [6.07, 6.45) is 7.84. The highest BCUT2D eigenvalue weighted by molar-refractivity contribution is 7.93. The van der Waals surface area contributed by atoms with Crippen molar-refractivity contribution in [1.82, 2.24) is 48.1 Å². The molecule has 0 bridgehead atoms. The third-order valence-corrected chi connectivity index (χ3v) is 24.1. The lowest BCUT2D eigenvalue weighted by Gasteiger charge is -2.37. The maximum Gasteiger partial charge on any atom is 0.263 e. The minimum Gasteiger partial charge on any atom is -0.368 e. The summed E-state index contributed by atoms with van der Waals surface area (Å²) in [7, 11) is -11.2. The van der Waals surface area contributed by atoms with Crippen molar-refractivity contribution in [1.29, 1.82) is 0 Å². The summed E-state index contributed by atoms with van der Waals surface area (Å²) in [5.41, 5.74) is 4.41. The topological polar surface area (TPSA) is 283 Å². The number of thiazole rings is 1. The van der Waals surface area contributed by atoms with Crippen LogP contribution in [-0.2, 0) is 39.7 Å². The van der Waals surface area contributed by atoms with Gasteiger partial charge < -0.3 is 38.5 Å². The Kier molecular flexibility index (Phi) is 22.2. The van der Waals surface area contributed by atoms with Gasteiger partial charge in [-0.1, -0.05) is 35.3 Å². The Bertz CT molecular complexity index is 5220. The van der Waals surface area contributed by atoms with Crippen LogP contribution in [0.2, 0.25) is 10.0 Å². The molecular weight excluding hydrogens is 1470 g/mol. The molecule has 3 aliphatic heterocycles. The fourth-order valence-corrected chi connectivity index (χ4v) is 17.0. The number of carbonyl (C=O) groups is 3. The quantitative estimate of drug-likeness (QED) is 0.0763. The average molecular weight is 1540 g/mol. The first-order valence-corrected chi connectivity index (χ1v) is 39.2. The van der Waals surface area contributed by atoms with Gasteiger partial charge in [0.05, 0.1) is 30.2 Å². The minimum atomic E-state index is -3.77. The second kappa shape index (κ2) is 31.4. The number of nitrogens with zero attached hydrogens (tertiary/aromatic N) is 13. The molecule has 0 saturated carbocycles. The molecule has 25 nitrogen and oxygen atoms in total. The molecule has 5 aromatic heterocycles. The van der Waals surface area contributed by atoms with Gasteiger partial charge in [0.1, 0.15) is 41.7 Å². The number of anilines is 6. The standard InChI is InChI=1S/C25H25FN6O3S.C24H25FN6O3S2.C20H18Cl2N4O3S2.4H2/c1-18(32-12-10-19-3-2-4-22(26)24(19)32)25(33)31-15-13-30(14-16-31)20-5-7-21(8-6-20)36(34,35)29-23-9-11-27-17-28-23;1-16(31-10-9-18-15-19(25)3-8-22(18)31)23(32)30-13-11-29(12-14-30)20-4-6-21(7-5-20)36(33,34)28-24-26-17(2)27-35-24;21-17-6-1-14(13-18(17)22)19(27)26-10-8-25(9-11-26)15-2-4-16(5-3-15)31(28,29)24-20-23-7-12-30-20;;;;/h2-12,17-18H,13-16H2,1H3,(H,27,28,29);3-10,15-16H,11-14H2,1-2H3,(H,26,27,28);1-7,12-13H,8-11H2,(H,23,24);4*1H/t18-;;;;;;/m1....../s1. The largest absolute Gasteiger partial charge is 0.368 e. The van der Waals surface area contributed by atoms with Crippen LogP contribution in [0, 0.1) is 18.6 Å². The maximum atomic E-state index is 14.4. The fraction of sp³-hybridized carbons (Fsp3) is 0.246. The molecule has 1 unspecified atom stereocenters. The van der Waals surface area contributed by atoms with Crippen LogP contribution in [0.5, 0.6) is 0 Å². The van der Waals surface area contributed by atoms with Crippen molar-refractivity contribution in [3.8, 4) is 0 Å². The number of carbonyl (C=O) groups excluding carboxylic acids is 3. The maximum absolute atomic E-state index is 14.4. The van der Waals surface area contributed by atoms with E-state index in [2.05, 4.69) is 53.2 Å². The van der Waals surface area contributed by atoms with E-state index in [9.17, 15) is 48.4 Å². The Morgan fingerprint density at radius 3 is 1.55 bits per heavy atom. The smallest absolute Gasteiger partial charge is 0.263 e. The van der Waals surface area contributed by atoms with E-state index in [-0.39, 0.29) is 60.7 Å². The molecular formula is C69H76Cl2F2N16O9S5. The summed E-state index contributed by atoms with van der Waals surface area (Å²) < 4.78 is 118. The van der Waals surface area contributed by atoms with Crippen molar-refractivity contribution in [2.24, 2.45) is 0 Å². The Morgan fingerprint density at radius 1 is 0.534 bits per heavy atom. The number of para-hydroxylation sites is 1. The van der Waals surface area contributed by atoms with E-state index in [1.54, 1.807) is 143 Å². The lowest BCUT2D eigenvalue weighted by molar-refractivity contribution is -0.135. The summed E-state index contributed by atoms with van der Waals surface area (Å²) in [5.74, 6) is -0.0859. The molecule has 11 aromatic rings. The van der Waals surface area contributed by atoms with Crippen molar-refractivity contribution in [2.45, 2.75) is 47.5 Å². The van der Waals surface area contributed by atoms with E-state index in [0.717, 1.165) is 44.9 Å². The SMILES string of the molecule is C[C@H](C(=O)N1CCN(c2ccc(S(=O)(=O)Nc3ccncn3)cc2)CC1)n1ccc2cccc(F)c21.Cc1nsc(NS(=O)(=O)c2ccc(N3CCN(C(=O)C(C)n4ccc5cc(F)ccc54)CC3)cc2)n1.O=C(c1ccc(Cl)c(Cl)c1)N1CCN(c2ccc(S(=O)(=O)Nc3nccs3)cc2)CC1.[HH].[HH].[HH].[HH]. The minimum absolute atomic E-state index is 0. The number of amides is 3. The van der Waals surface area contributed by atoms with Crippen LogP contribution in [0.1, 0.15) is 47.8 Å². The molecule has 3 N–H and O–H groups in total. The van der Waals surface area contributed by atoms with Crippen molar-refractivity contribution in [3.63, 3.8) is 0 Å². The van der Waals surface area contributed by atoms with Crippen LogP contribution < -0.4 is 28.9 Å². The van der Waals surface area contributed by atoms with E-state index in [1.165, 1.54) is 54.3 Å². The zero-order valence-corrected chi connectivity index (χ0v) is 61.1. The molecule has 3 fully saturated rings. The predicted molar refractivity (Wildman–Crippen MR) is 404 cm³/mol. The Balaban J connectivity index is 0.000000199. The first-order valence-electron chi connectivity index (χ1n) is 32.3. The highest BCUT2D eigenvalue weighted by Gasteiger charge is 2.31. The van der Waals surface area contributed by atoms with Gasteiger partial charge in [0.15, 0.2) is 5.13 Å². The summed E-state index contributed by atoms with van der Waals surface area (Å²) in [4.78, 5) is 66.9. The molecule has 544 valence electrons. The van der Waals surface area contributed by atoms with E-state index >= 15 is 0 Å². The molecule has 3 saturated heterocycles. The molecule has 6 aromatic carbocycles. The number of benzene rings is 6. The molecule has 0 spiro atoms. The normalized spacial score (nSPS) is 15.0. The number of halogens is 4. The molecule has 2 atom stereocenters. The lowest BCUT2D eigenvalue weighted by Crippen LogP contribution is -2.50. The van der Waals surface area contributed by atoms with Gasteiger partial charge in [-0.15, -0.1) is 11.3 Å². The fourth-order valence-electron chi connectivity index (χ4n) is 12.1. The van der Waals surface area contributed by atoms with Crippen LogP contribution in [0.25, 0.3) is 21.8 Å². The highest BCUT2D eigenvalue weighted by Crippen LogP contribution is 2.31. The van der Waals surface area contributed by atoms with Gasteiger partial charge in [-0.25, -0.2) is 54.0 Å².